The molecule has 0 aliphatic rings. The van der Waals surface area contributed by atoms with Gasteiger partial charge in [0.2, 0.25) is 0 Å². The van der Waals surface area contributed by atoms with E-state index >= 15 is 0 Å². The molecule has 0 saturated heterocycles. The summed E-state index contributed by atoms with van der Waals surface area (Å²) in [6.45, 7) is 0. The number of carbonyl (C=O) groups is 1. The van der Waals surface area contributed by atoms with Gasteiger partial charge in [-0.1, -0.05) is 48.6 Å². The maximum Gasteiger partial charge on any atom is 0.151 e. The molecule has 0 atom stereocenters. The molecule has 0 aliphatic carbocycles. The summed E-state index contributed by atoms with van der Waals surface area (Å²) in [5.41, 5.74) is 4.28. The van der Waals surface area contributed by atoms with Gasteiger partial charge in [0.1, 0.15) is 0 Å². The third-order valence-electron chi connectivity index (χ3n) is 3.24. The van der Waals surface area contributed by atoms with E-state index in [1.807, 2.05) is 48.7 Å². The van der Waals surface area contributed by atoms with Crippen molar-refractivity contribution in [2.24, 2.45) is 0 Å². The molecule has 3 heteroatoms. The molecule has 0 radical (unpaired) electrons. The van der Waals surface area contributed by atoms with Crippen molar-refractivity contribution in [2.75, 3.05) is 0 Å². The van der Waals surface area contributed by atoms with Gasteiger partial charge >= 0.3 is 0 Å². The predicted octanol–water partition coefficient (Wildman–Crippen LogP) is 4.13. The first-order valence-electron chi connectivity index (χ1n) is 6.96. The minimum atomic E-state index is 0.561. The molecule has 0 unspecified atom stereocenters. The van der Waals surface area contributed by atoms with E-state index in [1.54, 1.807) is 18.3 Å². The summed E-state index contributed by atoms with van der Waals surface area (Å²) >= 11 is 0. The molecule has 0 aliphatic heterocycles. The Bertz CT molecular complexity index is 776. The second kappa shape index (κ2) is 6.59. The Balaban J connectivity index is 1.77. The Kier molecular flexibility index (Phi) is 4.16. The molecule has 106 valence electrons. The van der Waals surface area contributed by atoms with Gasteiger partial charge < -0.3 is 0 Å². The van der Waals surface area contributed by atoms with Crippen molar-refractivity contribution in [1.29, 1.82) is 0 Å². The average Bonchev–Trinajstić information content (AvgIpc) is 2.61. The Morgan fingerprint density at radius 3 is 1.77 bits per heavy atom. The van der Waals surface area contributed by atoms with Crippen LogP contribution in [0.4, 0.5) is 0 Å². The van der Waals surface area contributed by atoms with Crippen molar-refractivity contribution >= 4 is 18.4 Å². The van der Waals surface area contributed by atoms with E-state index < -0.39 is 0 Å². The van der Waals surface area contributed by atoms with Gasteiger partial charge in [-0.25, -0.2) is 0 Å². The van der Waals surface area contributed by atoms with Gasteiger partial charge in [0.25, 0.3) is 0 Å². The van der Waals surface area contributed by atoms with Crippen LogP contribution in [-0.4, -0.2) is 16.3 Å². The SMILES string of the molecule is O=Cc1ccc(-c2ccc(/C=C/c3ccccc3)cn2)nc1. The van der Waals surface area contributed by atoms with Gasteiger partial charge in [0, 0.05) is 18.0 Å². The van der Waals surface area contributed by atoms with E-state index in [4.69, 9.17) is 0 Å². The third-order valence-corrected chi connectivity index (χ3v) is 3.24. The molecule has 0 fully saturated rings. The Hall–Kier alpha value is -3.07. The van der Waals surface area contributed by atoms with Gasteiger partial charge in [-0.3, -0.25) is 14.8 Å². The fourth-order valence-corrected chi connectivity index (χ4v) is 2.04. The number of aldehydes is 1. The van der Waals surface area contributed by atoms with Gasteiger partial charge in [-0.2, -0.15) is 0 Å². The van der Waals surface area contributed by atoms with E-state index in [1.165, 1.54) is 0 Å². The van der Waals surface area contributed by atoms with Crippen LogP contribution in [0.5, 0.6) is 0 Å². The highest BCUT2D eigenvalue weighted by Gasteiger charge is 2.00. The fourth-order valence-electron chi connectivity index (χ4n) is 2.04. The number of hydrogen-bond acceptors (Lipinski definition) is 3. The molecule has 0 N–H and O–H groups in total. The fraction of sp³-hybridized carbons (Fsp3) is 0. The molecule has 3 rings (SSSR count). The zero-order valence-electron chi connectivity index (χ0n) is 11.9. The number of benzene rings is 1. The molecule has 0 saturated carbocycles. The smallest absolute Gasteiger partial charge is 0.151 e. The van der Waals surface area contributed by atoms with E-state index in [0.717, 1.165) is 28.8 Å². The van der Waals surface area contributed by atoms with E-state index in [2.05, 4.69) is 22.1 Å². The first kappa shape index (κ1) is 13.9. The zero-order valence-corrected chi connectivity index (χ0v) is 11.9. The lowest BCUT2D eigenvalue weighted by Crippen LogP contribution is -1.89. The van der Waals surface area contributed by atoms with Gasteiger partial charge in [-0.15, -0.1) is 0 Å². The summed E-state index contributed by atoms with van der Waals surface area (Å²) < 4.78 is 0. The summed E-state index contributed by atoms with van der Waals surface area (Å²) in [7, 11) is 0. The van der Waals surface area contributed by atoms with Crippen LogP contribution in [0.25, 0.3) is 23.5 Å². The monoisotopic (exact) mass is 286 g/mol. The maximum absolute atomic E-state index is 10.6. The quantitative estimate of drug-likeness (QED) is 0.677. The number of nitrogens with zero attached hydrogens (tertiary/aromatic N) is 2. The predicted molar refractivity (Wildman–Crippen MR) is 88.2 cm³/mol. The highest BCUT2D eigenvalue weighted by molar-refractivity contribution is 5.75. The molecular formula is C19H14N2O. The van der Waals surface area contributed by atoms with Crippen molar-refractivity contribution in [3.63, 3.8) is 0 Å². The average molecular weight is 286 g/mol. The number of hydrogen-bond donors (Lipinski definition) is 0. The molecule has 3 nitrogen and oxygen atoms in total. The van der Waals surface area contributed by atoms with Crippen LogP contribution in [0.1, 0.15) is 21.5 Å². The number of carbonyl (C=O) groups excluding carboxylic acids is 1. The molecule has 0 spiro atoms. The van der Waals surface area contributed by atoms with Crippen LogP contribution in [0.2, 0.25) is 0 Å². The summed E-state index contributed by atoms with van der Waals surface area (Å²) in [6, 6.07) is 17.6. The first-order valence-corrected chi connectivity index (χ1v) is 6.96. The molecule has 3 aromatic rings. The molecule has 22 heavy (non-hydrogen) atoms. The third kappa shape index (κ3) is 3.33. The summed E-state index contributed by atoms with van der Waals surface area (Å²) in [6.07, 6.45) is 8.21. The van der Waals surface area contributed by atoms with Crippen molar-refractivity contribution in [2.45, 2.75) is 0 Å². The van der Waals surface area contributed by atoms with Gasteiger partial charge in [0.15, 0.2) is 6.29 Å². The highest BCUT2D eigenvalue weighted by atomic mass is 16.1. The standard InChI is InChI=1S/C19H14N2O/c22-14-17-9-11-19(21-13-17)18-10-8-16(12-20-18)7-6-15-4-2-1-3-5-15/h1-14H/b7-6+. The van der Waals surface area contributed by atoms with Crippen LogP contribution in [0.3, 0.4) is 0 Å². The van der Waals surface area contributed by atoms with Crippen LogP contribution < -0.4 is 0 Å². The molecule has 1 aromatic carbocycles. The minimum Gasteiger partial charge on any atom is -0.298 e. The van der Waals surface area contributed by atoms with Crippen molar-refractivity contribution < 1.29 is 4.79 Å². The highest BCUT2D eigenvalue weighted by Crippen LogP contribution is 2.15. The van der Waals surface area contributed by atoms with Crippen LogP contribution in [0.15, 0.2) is 67.0 Å². The largest absolute Gasteiger partial charge is 0.298 e. The van der Waals surface area contributed by atoms with Crippen molar-refractivity contribution in [3.8, 4) is 11.4 Å². The summed E-state index contributed by atoms with van der Waals surface area (Å²) in [5.74, 6) is 0. The lowest BCUT2D eigenvalue weighted by Gasteiger charge is -2.01. The van der Waals surface area contributed by atoms with E-state index in [9.17, 15) is 4.79 Å². The van der Waals surface area contributed by atoms with Crippen molar-refractivity contribution in [1.82, 2.24) is 9.97 Å². The van der Waals surface area contributed by atoms with Gasteiger partial charge in [-0.05, 0) is 29.3 Å². The summed E-state index contributed by atoms with van der Waals surface area (Å²) in [4.78, 5) is 19.3. The lowest BCUT2D eigenvalue weighted by molar-refractivity contribution is 0.112. The van der Waals surface area contributed by atoms with Gasteiger partial charge in [0.05, 0.1) is 11.4 Å². The van der Waals surface area contributed by atoms with Crippen LogP contribution in [-0.2, 0) is 0 Å². The molecule has 2 heterocycles. The maximum atomic E-state index is 10.6. The topological polar surface area (TPSA) is 42.9 Å². The van der Waals surface area contributed by atoms with E-state index in [-0.39, 0.29) is 0 Å². The second-order valence-corrected chi connectivity index (χ2v) is 4.82. The number of aromatic nitrogens is 2. The normalized spacial score (nSPS) is 10.7. The Morgan fingerprint density at radius 2 is 1.23 bits per heavy atom. The molecule has 0 amide bonds. The molecule has 2 aromatic heterocycles. The van der Waals surface area contributed by atoms with Crippen molar-refractivity contribution in [3.05, 3.63) is 83.7 Å². The zero-order chi connectivity index (χ0) is 15.2. The van der Waals surface area contributed by atoms with Crippen LogP contribution >= 0.6 is 0 Å². The van der Waals surface area contributed by atoms with E-state index in [0.29, 0.717) is 5.56 Å². The first-order chi connectivity index (χ1) is 10.8. The lowest BCUT2D eigenvalue weighted by atomic mass is 10.1. The molecule has 0 bridgehead atoms. The molecular weight excluding hydrogens is 272 g/mol. The summed E-state index contributed by atoms with van der Waals surface area (Å²) in [5, 5.41) is 0. The number of pyridine rings is 2. The Morgan fingerprint density at radius 1 is 0.636 bits per heavy atom. The minimum absolute atomic E-state index is 0.561. The van der Waals surface area contributed by atoms with Crippen LogP contribution in [0, 0.1) is 0 Å². The number of rotatable bonds is 4. The second-order valence-electron chi connectivity index (χ2n) is 4.82. The Labute approximate surface area is 129 Å².